The standard InChI is InChI=1S/C11H16FN2OSi/c1-16(15)9-2-3-11(10(12)8-9)14-6-4-13-5-7-14/h2-3,8,13,15H,4-7H2,1H3. The summed E-state index contributed by atoms with van der Waals surface area (Å²) in [4.78, 5) is 11.5. The van der Waals surface area contributed by atoms with Crippen LogP contribution in [0.1, 0.15) is 0 Å². The van der Waals surface area contributed by atoms with Gasteiger partial charge in [-0.2, -0.15) is 0 Å². The summed E-state index contributed by atoms with van der Waals surface area (Å²) >= 11 is 0. The first kappa shape index (κ1) is 11.6. The second kappa shape index (κ2) is 4.95. The molecular formula is C11H16FN2OSi. The highest BCUT2D eigenvalue weighted by molar-refractivity contribution is 6.64. The zero-order valence-electron chi connectivity index (χ0n) is 9.33. The summed E-state index contributed by atoms with van der Waals surface area (Å²) in [5, 5.41) is 3.96. The molecule has 2 rings (SSSR count). The summed E-state index contributed by atoms with van der Waals surface area (Å²) in [5.41, 5.74) is 0.647. The van der Waals surface area contributed by atoms with E-state index in [2.05, 4.69) is 5.32 Å². The first-order valence-corrected chi connectivity index (χ1v) is 7.41. The van der Waals surface area contributed by atoms with E-state index in [4.69, 9.17) is 0 Å². The SMILES string of the molecule is C[Si](O)c1ccc(N2CCNCC2)c(F)c1. The van der Waals surface area contributed by atoms with Gasteiger partial charge in [0.2, 0.25) is 9.04 Å². The van der Waals surface area contributed by atoms with Crippen LogP contribution in [0.2, 0.25) is 6.55 Å². The molecule has 0 aliphatic carbocycles. The third-order valence-corrected chi connectivity index (χ3v) is 3.97. The minimum atomic E-state index is -1.55. The van der Waals surface area contributed by atoms with Crippen molar-refractivity contribution in [3.63, 3.8) is 0 Å². The lowest BCUT2D eigenvalue weighted by atomic mass is 10.2. The molecule has 0 saturated carbocycles. The van der Waals surface area contributed by atoms with E-state index in [0.717, 1.165) is 31.4 Å². The van der Waals surface area contributed by atoms with Gasteiger partial charge in [0.25, 0.3) is 0 Å². The zero-order valence-corrected chi connectivity index (χ0v) is 10.3. The van der Waals surface area contributed by atoms with E-state index in [1.54, 1.807) is 12.6 Å². The fourth-order valence-electron chi connectivity index (χ4n) is 1.89. The first-order chi connectivity index (χ1) is 7.68. The van der Waals surface area contributed by atoms with Crippen molar-refractivity contribution in [1.29, 1.82) is 0 Å². The van der Waals surface area contributed by atoms with Gasteiger partial charge < -0.3 is 15.0 Å². The Labute approximate surface area is 96.6 Å². The predicted octanol–water partition coefficient (Wildman–Crippen LogP) is 0.0559. The van der Waals surface area contributed by atoms with Crippen LogP contribution in [0.3, 0.4) is 0 Å². The number of rotatable bonds is 2. The van der Waals surface area contributed by atoms with Crippen molar-refractivity contribution in [2.24, 2.45) is 0 Å². The van der Waals surface area contributed by atoms with E-state index in [1.165, 1.54) is 6.07 Å². The van der Waals surface area contributed by atoms with E-state index < -0.39 is 9.04 Å². The Morgan fingerprint density at radius 3 is 2.62 bits per heavy atom. The molecule has 1 radical (unpaired) electrons. The fourth-order valence-corrected chi connectivity index (χ4v) is 2.55. The Balaban J connectivity index is 2.21. The first-order valence-electron chi connectivity index (χ1n) is 5.46. The number of hydrogen-bond acceptors (Lipinski definition) is 3. The molecule has 1 aromatic rings. The highest BCUT2D eigenvalue weighted by Crippen LogP contribution is 2.18. The predicted molar refractivity (Wildman–Crippen MR) is 65.0 cm³/mol. The van der Waals surface area contributed by atoms with E-state index in [1.807, 2.05) is 11.0 Å². The Bertz CT molecular complexity index is 367. The van der Waals surface area contributed by atoms with Crippen molar-refractivity contribution in [1.82, 2.24) is 5.32 Å². The minimum absolute atomic E-state index is 0.224. The molecule has 0 aromatic heterocycles. The van der Waals surface area contributed by atoms with Crippen molar-refractivity contribution < 1.29 is 9.19 Å². The van der Waals surface area contributed by atoms with E-state index in [-0.39, 0.29) is 5.82 Å². The number of piperazine rings is 1. The quantitative estimate of drug-likeness (QED) is 0.716. The molecule has 1 saturated heterocycles. The molecule has 16 heavy (non-hydrogen) atoms. The third kappa shape index (κ3) is 2.42. The van der Waals surface area contributed by atoms with Crippen LogP contribution in [0, 0.1) is 5.82 Å². The second-order valence-corrected chi connectivity index (χ2v) is 5.74. The molecule has 1 heterocycles. The van der Waals surface area contributed by atoms with Crippen molar-refractivity contribution in [2.75, 3.05) is 31.1 Å². The van der Waals surface area contributed by atoms with Gasteiger partial charge >= 0.3 is 0 Å². The number of nitrogens with zero attached hydrogens (tertiary/aromatic N) is 1. The summed E-state index contributed by atoms with van der Waals surface area (Å²) in [7, 11) is -1.55. The van der Waals surface area contributed by atoms with Gasteiger partial charge in [-0.1, -0.05) is 6.07 Å². The van der Waals surface area contributed by atoms with Gasteiger partial charge in [0.15, 0.2) is 0 Å². The second-order valence-electron chi connectivity index (χ2n) is 3.99. The summed E-state index contributed by atoms with van der Waals surface area (Å²) in [6.45, 7) is 5.19. The van der Waals surface area contributed by atoms with Crippen LogP contribution in [0.4, 0.5) is 10.1 Å². The van der Waals surface area contributed by atoms with Gasteiger partial charge in [-0.05, 0) is 23.9 Å². The Morgan fingerprint density at radius 2 is 2.06 bits per heavy atom. The fraction of sp³-hybridized carbons (Fsp3) is 0.455. The smallest absolute Gasteiger partial charge is 0.239 e. The molecule has 1 aliphatic rings. The molecule has 1 aromatic carbocycles. The average molecular weight is 239 g/mol. The molecular weight excluding hydrogens is 223 g/mol. The maximum absolute atomic E-state index is 13.8. The molecule has 0 bridgehead atoms. The highest BCUT2D eigenvalue weighted by atomic mass is 28.3. The average Bonchev–Trinajstić information content (AvgIpc) is 2.30. The van der Waals surface area contributed by atoms with Gasteiger partial charge in [-0.15, -0.1) is 0 Å². The summed E-state index contributed by atoms with van der Waals surface area (Å²) in [5.74, 6) is -0.224. The van der Waals surface area contributed by atoms with E-state index >= 15 is 0 Å². The molecule has 0 amide bonds. The molecule has 1 fully saturated rings. The summed E-state index contributed by atoms with van der Waals surface area (Å²) < 4.78 is 13.8. The molecule has 0 spiro atoms. The Kier molecular flexibility index (Phi) is 3.58. The van der Waals surface area contributed by atoms with Crippen molar-refractivity contribution in [2.45, 2.75) is 6.55 Å². The molecule has 3 nitrogen and oxygen atoms in total. The van der Waals surface area contributed by atoms with Crippen LogP contribution in [-0.4, -0.2) is 40.0 Å². The van der Waals surface area contributed by atoms with Crippen LogP contribution >= 0.6 is 0 Å². The molecule has 1 aliphatic heterocycles. The topological polar surface area (TPSA) is 35.5 Å². The highest BCUT2D eigenvalue weighted by Gasteiger charge is 2.15. The Morgan fingerprint density at radius 1 is 1.38 bits per heavy atom. The van der Waals surface area contributed by atoms with E-state index in [9.17, 15) is 9.19 Å². The van der Waals surface area contributed by atoms with Gasteiger partial charge in [-0.25, -0.2) is 4.39 Å². The van der Waals surface area contributed by atoms with Crippen LogP contribution in [0.5, 0.6) is 0 Å². The summed E-state index contributed by atoms with van der Waals surface area (Å²) in [6, 6.07) is 5.07. The van der Waals surface area contributed by atoms with Gasteiger partial charge in [0.05, 0.1) is 5.69 Å². The van der Waals surface area contributed by atoms with Crippen LogP contribution in [-0.2, 0) is 0 Å². The van der Waals surface area contributed by atoms with Crippen molar-refractivity contribution in [3.8, 4) is 0 Å². The van der Waals surface area contributed by atoms with Gasteiger partial charge in [-0.3, -0.25) is 0 Å². The number of anilines is 1. The Hall–Kier alpha value is -0.913. The molecule has 5 heteroatoms. The number of benzene rings is 1. The zero-order chi connectivity index (χ0) is 11.5. The lowest BCUT2D eigenvalue weighted by Gasteiger charge is -2.29. The minimum Gasteiger partial charge on any atom is -0.427 e. The largest absolute Gasteiger partial charge is 0.427 e. The van der Waals surface area contributed by atoms with Crippen molar-refractivity contribution in [3.05, 3.63) is 24.0 Å². The number of hydrogen-bond donors (Lipinski definition) is 2. The summed E-state index contributed by atoms with van der Waals surface area (Å²) in [6.07, 6.45) is 0. The lowest BCUT2D eigenvalue weighted by molar-refractivity contribution is 0.565. The molecule has 0 unspecified atom stereocenters. The third-order valence-electron chi connectivity index (χ3n) is 2.82. The van der Waals surface area contributed by atoms with Gasteiger partial charge in [0.1, 0.15) is 5.82 Å². The normalized spacial score (nSPS) is 16.9. The number of halogens is 1. The van der Waals surface area contributed by atoms with Crippen LogP contribution < -0.4 is 15.4 Å². The molecule has 87 valence electrons. The van der Waals surface area contributed by atoms with Gasteiger partial charge in [0, 0.05) is 26.2 Å². The molecule has 2 N–H and O–H groups in total. The lowest BCUT2D eigenvalue weighted by Crippen LogP contribution is -2.44. The van der Waals surface area contributed by atoms with Crippen molar-refractivity contribution >= 4 is 19.9 Å². The maximum Gasteiger partial charge on any atom is 0.239 e. The van der Waals surface area contributed by atoms with E-state index in [0.29, 0.717) is 5.69 Å². The van der Waals surface area contributed by atoms with Crippen LogP contribution in [0.15, 0.2) is 18.2 Å². The number of nitrogens with one attached hydrogen (secondary N) is 1. The van der Waals surface area contributed by atoms with Crippen LogP contribution in [0.25, 0.3) is 0 Å². The molecule has 0 atom stereocenters. The maximum atomic E-state index is 13.8. The monoisotopic (exact) mass is 239 g/mol.